The Morgan fingerprint density at radius 3 is 2.40 bits per heavy atom. The normalized spacial score (nSPS) is 37.9. The van der Waals surface area contributed by atoms with Crippen molar-refractivity contribution in [2.75, 3.05) is 27.3 Å². The van der Waals surface area contributed by atoms with Crippen LogP contribution in [0.25, 0.3) is 11.4 Å². The number of Topliss-reactive ketones (excluding diaryl/α,β-unsaturated/α-hetero) is 1. The van der Waals surface area contributed by atoms with Crippen molar-refractivity contribution in [3.8, 4) is 17.5 Å². The van der Waals surface area contributed by atoms with Crippen LogP contribution in [-0.2, 0) is 54.2 Å². The van der Waals surface area contributed by atoms with Gasteiger partial charge in [-0.1, -0.05) is 45.0 Å². The van der Waals surface area contributed by atoms with Gasteiger partial charge in [0.05, 0.1) is 66.5 Å². The van der Waals surface area contributed by atoms with Crippen LogP contribution in [0.5, 0.6) is 0 Å². The lowest BCUT2D eigenvalue weighted by molar-refractivity contribution is -0.302. The van der Waals surface area contributed by atoms with Gasteiger partial charge in [0.1, 0.15) is 41.1 Å². The second kappa shape index (κ2) is 19.6. The molecule has 2 bridgehead atoms. The number of carbonyl (C=O) groups excluding carboxylic acids is 3. The van der Waals surface area contributed by atoms with Crippen LogP contribution in [0.2, 0.25) is 0 Å². The van der Waals surface area contributed by atoms with Gasteiger partial charge in [-0.2, -0.15) is 5.26 Å². The van der Waals surface area contributed by atoms with Crippen LogP contribution in [0.4, 0.5) is 0 Å². The fourth-order valence-corrected chi connectivity index (χ4v) is 9.94. The Balaban J connectivity index is 1.38. The van der Waals surface area contributed by atoms with Gasteiger partial charge in [-0.15, -0.1) is 0 Å². The monoisotopic (exact) mass is 861 g/mol. The Bertz CT molecular complexity index is 2010. The number of aliphatic hydroxyl groups is 1. The largest absolute Gasteiger partial charge is 0.458 e. The first kappa shape index (κ1) is 47.1. The molecule has 4 fully saturated rings. The third kappa shape index (κ3) is 10.0. The van der Waals surface area contributed by atoms with Crippen LogP contribution in [-0.4, -0.2) is 125 Å². The van der Waals surface area contributed by atoms with E-state index in [1.165, 1.54) is 0 Å². The number of fused-ring (bicyclic) bond motifs is 4. The summed E-state index contributed by atoms with van der Waals surface area (Å²) >= 11 is 0. The molecule has 14 atom stereocenters. The third-order valence-corrected chi connectivity index (χ3v) is 13.3. The van der Waals surface area contributed by atoms with Gasteiger partial charge in [0.15, 0.2) is 12.9 Å². The van der Waals surface area contributed by atoms with Crippen molar-refractivity contribution in [3.63, 3.8) is 0 Å². The molecule has 2 aromatic rings. The quantitative estimate of drug-likeness (QED) is 0.273. The zero-order valence-corrected chi connectivity index (χ0v) is 37.6. The summed E-state index contributed by atoms with van der Waals surface area (Å²) in [7, 11) is 3.79. The number of hydrogen-bond acceptors (Lipinski definition) is 16. The Labute approximate surface area is 364 Å². The van der Waals surface area contributed by atoms with Crippen molar-refractivity contribution in [2.24, 2.45) is 34.7 Å². The van der Waals surface area contributed by atoms with Crippen molar-refractivity contribution in [1.29, 1.82) is 5.26 Å². The summed E-state index contributed by atoms with van der Waals surface area (Å²) in [5.41, 5.74) is -0.219. The Morgan fingerprint density at radius 2 is 1.71 bits per heavy atom. The minimum absolute atomic E-state index is 0.00897. The maximum Gasteiger partial charge on any atom is 0.311 e. The molecule has 0 spiro atoms. The molecule has 0 saturated carbocycles. The molecule has 338 valence electrons. The molecule has 6 rings (SSSR count). The second-order valence-electron chi connectivity index (χ2n) is 18.2. The fourth-order valence-electron chi connectivity index (χ4n) is 9.94. The SMILES string of the molecule is CC[C@H]1OC(=O)[C@H](C)[C@H]2OC/C(=N/OCc3cccc(-c4cccc(C#N)n4)n3)CO[C@](C)(C[C@@H](C)C(=O)[C@H](C)[C@@H]3CC(=O)O[C@]13C)[C@H](O[C@@H]1O[C@H](C)C[C@H](N(C)C)[C@H]1O)[C@H]2C. The number of cyclic esters (lactones) is 1. The van der Waals surface area contributed by atoms with Gasteiger partial charge in [-0.25, -0.2) is 9.97 Å². The Morgan fingerprint density at radius 1 is 1.00 bits per heavy atom. The number of pyridine rings is 2. The Hall–Kier alpha value is -4.37. The lowest BCUT2D eigenvalue weighted by atomic mass is 9.70. The van der Waals surface area contributed by atoms with Crippen LogP contribution in [0.3, 0.4) is 0 Å². The van der Waals surface area contributed by atoms with Gasteiger partial charge in [-0.3, -0.25) is 14.4 Å². The maximum atomic E-state index is 14.6. The van der Waals surface area contributed by atoms with Crippen LogP contribution < -0.4 is 0 Å². The highest BCUT2D eigenvalue weighted by atomic mass is 16.7. The van der Waals surface area contributed by atoms with E-state index in [9.17, 15) is 24.8 Å². The lowest BCUT2D eigenvalue weighted by Gasteiger charge is -2.48. The average molecular weight is 862 g/mol. The van der Waals surface area contributed by atoms with Gasteiger partial charge in [0.2, 0.25) is 0 Å². The van der Waals surface area contributed by atoms with E-state index in [4.69, 9.17) is 33.3 Å². The zero-order chi connectivity index (χ0) is 45.1. The summed E-state index contributed by atoms with van der Waals surface area (Å²) < 4.78 is 39.0. The maximum absolute atomic E-state index is 14.6. The summed E-state index contributed by atoms with van der Waals surface area (Å²) in [6.45, 7) is 14.5. The summed E-state index contributed by atoms with van der Waals surface area (Å²) in [6.07, 6.45) is -3.92. The zero-order valence-electron chi connectivity index (χ0n) is 37.6. The predicted molar refractivity (Wildman–Crippen MR) is 225 cm³/mol. The van der Waals surface area contributed by atoms with Crippen molar-refractivity contribution >= 4 is 23.4 Å². The molecule has 16 heteroatoms. The van der Waals surface area contributed by atoms with Crippen LogP contribution >= 0.6 is 0 Å². The van der Waals surface area contributed by atoms with Crippen LogP contribution in [0.1, 0.15) is 92.5 Å². The molecule has 0 unspecified atom stereocenters. The molecule has 16 nitrogen and oxygen atoms in total. The van der Waals surface area contributed by atoms with E-state index in [1.807, 2.05) is 65.7 Å². The molecule has 0 radical (unpaired) electrons. The Kier molecular flexibility index (Phi) is 14.9. The summed E-state index contributed by atoms with van der Waals surface area (Å²) in [5, 5.41) is 25.5. The summed E-state index contributed by atoms with van der Waals surface area (Å²) in [5.74, 6) is -4.44. The molecule has 0 aliphatic carbocycles. The molecule has 1 N–H and O–H groups in total. The van der Waals surface area contributed by atoms with Gasteiger partial charge >= 0.3 is 11.9 Å². The third-order valence-electron chi connectivity index (χ3n) is 13.3. The van der Waals surface area contributed by atoms with Crippen molar-refractivity contribution < 1.29 is 52.7 Å². The minimum atomic E-state index is -1.27. The fraction of sp³-hybridized carbons (Fsp3) is 0.674. The summed E-state index contributed by atoms with van der Waals surface area (Å²) in [6, 6.07) is 12.3. The highest BCUT2D eigenvalue weighted by Crippen LogP contribution is 2.46. The molecule has 4 saturated heterocycles. The van der Waals surface area contributed by atoms with Gasteiger partial charge in [0, 0.05) is 29.7 Å². The molecule has 0 amide bonds. The highest BCUT2D eigenvalue weighted by molar-refractivity contribution is 5.87. The van der Waals surface area contributed by atoms with Crippen LogP contribution in [0, 0.1) is 40.9 Å². The van der Waals surface area contributed by atoms with Crippen molar-refractivity contribution in [3.05, 3.63) is 47.8 Å². The van der Waals surface area contributed by atoms with E-state index in [1.54, 1.807) is 51.1 Å². The first-order valence-corrected chi connectivity index (χ1v) is 21.8. The number of nitriles is 1. The first-order valence-electron chi connectivity index (χ1n) is 21.8. The number of carbonyl (C=O) groups is 3. The highest BCUT2D eigenvalue weighted by Gasteiger charge is 2.57. The number of ketones is 1. The summed E-state index contributed by atoms with van der Waals surface area (Å²) in [4.78, 5) is 58.8. The number of aromatic nitrogens is 2. The number of esters is 2. The van der Waals surface area contributed by atoms with E-state index in [0.29, 0.717) is 35.6 Å². The second-order valence-corrected chi connectivity index (χ2v) is 18.2. The van der Waals surface area contributed by atoms with E-state index in [-0.39, 0.29) is 56.3 Å². The number of aliphatic hydroxyl groups excluding tert-OH is 1. The standard InChI is InChI=1S/C46H63N5O11/c1-11-37-46(8)33(19-38(52)62-46)27(4)39(53)25(2)20-45(7)42(61-44-40(54)36(51(9)10)18-26(3)59-44)28(5)41(29(6)43(55)60-37)56-22-32(23-57-45)50-58-24-31-15-13-17-35(49-31)34-16-12-14-30(21-47)48-34/h12-17,25-29,33,36-37,40-42,44,54H,11,18-20,22-24H2,1-10H3/b50-32-/t25-,26-,27-,28+,29-,33+,36+,37-,40-,41+,42-,44+,45-,46+/m1/s1. The molecule has 4 aliphatic heterocycles. The number of oxime groups is 1. The number of hydrogen-bond donors (Lipinski definition) is 1. The molecular formula is C46H63N5O11. The van der Waals surface area contributed by atoms with Gasteiger partial charge in [0.25, 0.3) is 0 Å². The predicted octanol–water partition coefficient (Wildman–Crippen LogP) is 5.03. The lowest BCUT2D eigenvalue weighted by Crippen LogP contribution is -2.60. The molecule has 0 aromatic carbocycles. The number of ether oxygens (including phenoxy) is 6. The first-order chi connectivity index (χ1) is 29.4. The van der Waals surface area contributed by atoms with Crippen molar-refractivity contribution in [1.82, 2.24) is 14.9 Å². The van der Waals surface area contributed by atoms with Crippen molar-refractivity contribution in [2.45, 2.75) is 142 Å². The average Bonchev–Trinajstić information content (AvgIpc) is 3.58. The number of nitrogens with zero attached hydrogens (tertiary/aromatic N) is 5. The van der Waals surface area contributed by atoms with Gasteiger partial charge in [-0.05, 0) is 85.3 Å². The molecule has 4 aliphatic rings. The van der Waals surface area contributed by atoms with Crippen LogP contribution in [0.15, 0.2) is 41.6 Å². The topological polar surface area (TPSA) is 201 Å². The van der Waals surface area contributed by atoms with E-state index in [2.05, 4.69) is 15.1 Å². The minimum Gasteiger partial charge on any atom is -0.458 e. The molecule has 2 aromatic heterocycles. The number of rotatable bonds is 8. The smallest absolute Gasteiger partial charge is 0.311 e. The number of likely N-dealkylation sites (N-methyl/N-ethyl adjacent to an activating group) is 1. The van der Waals surface area contributed by atoms with Gasteiger partial charge < -0.3 is 43.3 Å². The molecule has 6 heterocycles. The van der Waals surface area contributed by atoms with E-state index >= 15 is 0 Å². The molecular weight excluding hydrogens is 799 g/mol. The van der Waals surface area contributed by atoms with E-state index < -0.39 is 83.4 Å². The molecule has 62 heavy (non-hydrogen) atoms. The van der Waals surface area contributed by atoms with E-state index in [0.717, 1.165) is 0 Å².